The van der Waals surface area contributed by atoms with Crippen LogP contribution in [0, 0.1) is 6.92 Å². The fraction of sp³-hybridized carbons (Fsp3) is 0.267. The van der Waals surface area contributed by atoms with E-state index in [-0.39, 0.29) is 5.56 Å². The molecule has 1 aromatic heterocycles. The van der Waals surface area contributed by atoms with Crippen molar-refractivity contribution < 1.29 is 0 Å². The monoisotopic (exact) mass is 320 g/mol. The molecule has 4 heteroatoms. The molecule has 1 heterocycles. The zero-order valence-corrected chi connectivity index (χ0v) is 12.7. The minimum absolute atomic E-state index is 0.0236. The third-order valence-electron chi connectivity index (χ3n) is 3.08. The Kier molecular flexibility index (Phi) is 4.43. The van der Waals surface area contributed by atoms with Crippen molar-refractivity contribution >= 4 is 21.7 Å². The molecule has 100 valence electrons. The summed E-state index contributed by atoms with van der Waals surface area (Å²) in [4.78, 5) is 12.2. The lowest BCUT2D eigenvalue weighted by molar-refractivity contribution is 0.954. The van der Waals surface area contributed by atoms with Gasteiger partial charge in [0.05, 0.1) is 11.1 Å². The highest BCUT2D eigenvalue weighted by Gasteiger charge is 2.10. The molecule has 1 aromatic carbocycles. The van der Waals surface area contributed by atoms with Crippen molar-refractivity contribution in [3.8, 4) is 5.69 Å². The van der Waals surface area contributed by atoms with Gasteiger partial charge in [0.15, 0.2) is 0 Å². The molecular weight excluding hydrogens is 304 g/mol. The predicted molar refractivity (Wildman–Crippen MR) is 83.6 cm³/mol. The Bertz CT molecular complexity index is 617. The van der Waals surface area contributed by atoms with Gasteiger partial charge in [0, 0.05) is 6.07 Å². The second-order valence-electron chi connectivity index (χ2n) is 4.38. The Morgan fingerprint density at radius 3 is 2.42 bits per heavy atom. The van der Waals surface area contributed by atoms with Crippen molar-refractivity contribution in [1.82, 2.24) is 4.57 Å². The quantitative estimate of drug-likeness (QED) is 0.691. The number of benzene rings is 1. The predicted octanol–water partition coefficient (Wildman–Crippen LogP) is 3.47. The maximum Gasteiger partial charge on any atom is 0.256 e. The molecule has 0 bridgehead atoms. The number of rotatable bonds is 4. The molecule has 0 aliphatic carbocycles. The van der Waals surface area contributed by atoms with Gasteiger partial charge in [0.1, 0.15) is 5.82 Å². The maximum atomic E-state index is 12.2. The summed E-state index contributed by atoms with van der Waals surface area (Å²) in [6.45, 7) is 4.12. The fourth-order valence-corrected chi connectivity index (χ4v) is 2.34. The molecule has 0 aliphatic heterocycles. The van der Waals surface area contributed by atoms with Crippen LogP contribution in [-0.4, -0.2) is 10.0 Å². The summed E-state index contributed by atoms with van der Waals surface area (Å²) < 4.78 is 1.72. The van der Waals surface area contributed by atoms with Crippen LogP contribution in [0.2, 0.25) is 0 Å². The largest absolute Gasteiger partial charge is 0.361 e. The van der Waals surface area contributed by atoms with Crippen LogP contribution in [0.25, 0.3) is 5.69 Å². The molecule has 3 nitrogen and oxygen atoms in total. The third-order valence-corrected chi connectivity index (χ3v) is 3.36. The van der Waals surface area contributed by atoms with Crippen LogP contribution >= 0.6 is 15.9 Å². The number of nitrogens with one attached hydrogen (secondary N) is 1. The first-order valence-corrected chi connectivity index (χ1v) is 7.41. The fourth-order valence-electron chi connectivity index (χ4n) is 2.07. The number of nitrogens with zero attached hydrogens (tertiary/aromatic N) is 1. The van der Waals surface area contributed by atoms with Crippen molar-refractivity contribution in [2.45, 2.75) is 20.3 Å². The van der Waals surface area contributed by atoms with Crippen LogP contribution in [0.1, 0.15) is 18.1 Å². The number of alkyl halides is 1. The van der Waals surface area contributed by atoms with Crippen LogP contribution in [-0.2, 0) is 6.42 Å². The van der Waals surface area contributed by atoms with E-state index in [0.717, 1.165) is 23.5 Å². The zero-order valence-electron chi connectivity index (χ0n) is 11.1. The molecule has 0 radical (unpaired) electrons. The minimum Gasteiger partial charge on any atom is -0.361 e. The lowest BCUT2D eigenvalue weighted by Crippen LogP contribution is -2.22. The van der Waals surface area contributed by atoms with Crippen molar-refractivity contribution in [3.63, 3.8) is 0 Å². The Morgan fingerprint density at radius 2 is 1.84 bits per heavy atom. The molecule has 2 aromatic rings. The highest BCUT2D eigenvalue weighted by atomic mass is 79.9. The van der Waals surface area contributed by atoms with Gasteiger partial charge in [0.2, 0.25) is 0 Å². The van der Waals surface area contributed by atoms with Crippen LogP contribution in [0.4, 0.5) is 5.82 Å². The summed E-state index contributed by atoms with van der Waals surface area (Å²) >= 11 is 3.37. The summed E-state index contributed by atoms with van der Waals surface area (Å²) in [5, 5.41) is 3.23. The van der Waals surface area contributed by atoms with E-state index in [1.165, 1.54) is 5.56 Å². The molecule has 2 rings (SSSR count). The van der Waals surface area contributed by atoms with Crippen LogP contribution in [0.15, 0.2) is 41.2 Å². The van der Waals surface area contributed by atoms with E-state index < -0.39 is 0 Å². The molecule has 19 heavy (non-hydrogen) atoms. The Morgan fingerprint density at radius 1 is 1.16 bits per heavy atom. The van der Waals surface area contributed by atoms with E-state index in [0.29, 0.717) is 5.45 Å². The van der Waals surface area contributed by atoms with Gasteiger partial charge in [0.25, 0.3) is 5.56 Å². The lowest BCUT2D eigenvalue weighted by atomic mass is 10.1. The topological polar surface area (TPSA) is 34.0 Å². The molecule has 0 saturated carbocycles. The van der Waals surface area contributed by atoms with Crippen LogP contribution in [0.3, 0.4) is 0 Å². The second kappa shape index (κ2) is 6.06. The summed E-state index contributed by atoms with van der Waals surface area (Å²) in [6.07, 6.45) is 0.876. The smallest absolute Gasteiger partial charge is 0.256 e. The third kappa shape index (κ3) is 2.89. The molecule has 0 fully saturated rings. The number of pyridine rings is 1. The van der Waals surface area contributed by atoms with Crippen molar-refractivity contribution in [2.75, 3.05) is 10.8 Å². The molecule has 0 amide bonds. The SMILES string of the molecule is CCc1ccc(=O)n(-c2ccc(C)cc2)c1NCBr. The number of hydrogen-bond donors (Lipinski definition) is 1. The average molecular weight is 321 g/mol. The van der Waals surface area contributed by atoms with Crippen LogP contribution < -0.4 is 10.9 Å². The van der Waals surface area contributed by atoms with Gasteiger partial charge < -0.3 is 5.32 Å². The summed E-state index contributed by atoms with van der Waals surface area (Å²) in [5.74, 6) is 0.857. The van der Waals surface area contributed by atoms with Gasteiger partial charge in [-0.25, -0.2) is 0 Å². The minimum atomic E-state index is -0.0236. The van der Waals surface area contributed by atoms with Crippen molar-refractivity contribution in [1.29, 1.82) is 0 Å². The first-order valence-electron chi connectivity index (χ1n) is 6.29. The van der Waals surface area contributed by atoms with E-state index in [1.54, 1.807) is 10.6 Å². The Balaban J connectivity index is 2.66. The van der Waals surface area contributed by atoms with Gasteiger partial charge in [-0.3, -0.25) is 9.36 Å². The van der Waals surface area contributed by atoms with E-state index in [2.05, 4.69) is 28.2 Å². The normalized spacial score (nSPS) is 10.5. The number of aryl methyl sites for hydroxylation is 2. The van der Waals surface area contributed by atoms with E-state index in [1.807, 2.05) is 37.3 Å². The highest BCUT2D eigenvalue weighted by molar-refractivity contribution is 9.09. The Hall–Kier alpha value is -1.55. The lowest BCUT2D eigenvalue weighted by Gasteiger charge is -2.17. The summed E-state index contributed by atoms with van der Waals surface area (Å²) in [5.41, 5.74) is 3.77. The molecule has 0 spiro atoms. The number of aromatic nitrogens is 1. The Labute approximate surface area is 121 Å². The van der Waals surface area contributed by atoms with E-state index >= 15 is 0 Å². The van der Waals surface area contributed by atoms with E-state index in [4.69, 9.17) is 0 Å². The average Bonchev–Trinajstić information content (AvgIpc) is 2.41. The molecule has 0 atom stereocenters. The first-order chi connectivity index (χ1) is 9.17. The number of hydrogen-bond acceptors (Lipinski definition) is 2. The van der Waals surface area contributed by atoms with E-state index in [9.17, 15) is 4.79 Å². The van der Waals surface area contributed by atoms with Gasteiger partial charge in [-0.15, -0.1) is 0 Å². The number of halogens is 1. The van der Waals surface area contributed by atoms with Gasteiger partial charge in [-0.05, 0) is 37.1 Å². The molecule has 0 saturated heterocycles. The summed E-state index contributed by atoms with van der Waals surface area (Å²) in [7, 11) is 0. The molecule has 1 N–H and O–H groups in total. The van der Waals surface area contributed by atoms with Crippen molar-refractivity contribution in [3.05, 3.63) is 57.9 Å². The van der Waals surface area contributed by atoms with Gasteiger partial charge in [-0.2, -0.15) is 0 Å². The summed E-state index contributed by atoms with van der Waals surface area (Å²) in [6, 6.07) is 11.5. The molecule has 0 unspecified atom stereocenters. The zero-order chi connectivity index (χ0) is 13.8. The first kappa shape index (κ1) is 13.9. The maximum absolute atomic E-state index is 12.2. The highest BCUT2D eigenvalue weighted by Crippen LogP contribution is 2.19. The van der Waals surface area contributed by atoms with Gasteiger partial charge in [-0.1, -0.05) is 40.5 Å². The number of anilines is 1. The molecular formula is C15H17BrN2O. The standard InChI is InChI=1S/C15H17BrN2O/c1-3-12-6-9-14(19)18(15(12)17-10-16)13-7-4-11(2)5-8-13/h4-9,17H,3,10H2,1-2H3. The molecule has 0 aliphatic rings. The second-order valence-corrected chi connectivity index (χ2v) is 4.94. The van der Waals surface area contributed by atoms with Gasteiger partial charge >= 0.3 is 0 Å². The van der Waals surface area contributed by atoms with Crippen LogP contribution in [0.5, 0.6) is 0 Å². The van der Waals surface area contributed by atoms with Crippen molar-refractivity contribution in [2.24, 2.45) is 0 Å².